The number of unbranched alkanes of at least 4 members (excludes halogenated alkanes) is 16. The van der Waals surface area contributed by atoms with E-state index in [1.54, 1.807) is 6.08 Å². The zero-order valence-electron chi connectivity index (χ0n) is 21.8. The molecule has 0 aliphatic rings. The second kappa shape index (κ2) is 25.1. The molecule has 194 valence electrons. The minimum atomic E-state index is -0.724. The minimum absolute atomic E-state index is 0.334. The monoisotopic (exact) mass is 467 g/mol. The average molecular weight is 468 g/mol. The van der Waals surface area contributed by atoms with Gasteiger partial charge in [-0.05, 0) is 19.3 Å². The number of alkyl carbamates (subject to hydrolysis) is 1. The number of nitrogens with one attached hydrogen (secondary N) is 1. The molecule has 0 aliphatic carbocycles. The van der Waals surface area contributed by atoms with Crippen LogP contribution in [0.15, 0.2) is 12.7 Å². The number of carbonyl (C=O) groups excluding carboxylic acids is 2. The summed E-state index contributed by atoms with van der Waals surface area (Å²) in [4.78, 5) is 24.0. The van der Waals surface area contributed by atoms with Crippen molar-refractivity contribution in [3.05, 3.63) is 12.7 Å². The van der Waals surface area contributed by atoms with Gasteiger partial charge < -0.3 is 14.8 Å². The lowest BCUT2D eigenvalue weighted by atomic mass is 10.0. The van der Waals surface area contributed by atoms with Crippen molar-refractivity contribution in [2.24, 2.45) is 0 Å². The summed E-state index contributed by atoms with van der Waals surface area (Å²) < 4.78 is 10.4. The lowest BCUT2D eigenvalue weighted by Gasteiger charge is -2.16. The lowest BCUT2D eigenvalue weighted by Crippen LogP contribution is -2.42. The molecule has 0 aromatic carbocycles. The van der Waals surface area contributed by atoms with Gasteiger partial charge in [-0.3, -0.25) is 0 Å². The first-order valence-corrected chi connectivity index (χ1v) is 13.9. The summed E-state index contributed by atoms with van der Waals surface area (Å²) in [5.74, 6) is -0.414. The molecule has 1 atom stereocenters. The topological polar surface area (TPSA) is 64.6 Å². The van der Waals surface area contributed by atoms with Crippen LogP contribution in [0.2, 0.25) is 0 Å². The summed E-state index contributed by atoms with van der Waals surface area (Å²) in [6.07, 6.45) is 24.1. The number of esters is 1. The van der Waals surface area contributed by atoms with Crippen LogP contribution in [0.5, 0.6) is 0 Å². The van der Waals surface area contributed by atoms with Crippen molar-refractivity contribution in [2.75, 3.05) is 13.2 Å². The van der Waals surface area contributed by atoms with Gasteiger partial charge in [0.15, 0.2) is 0 Å². The number of ether oxygens (including phenoxy) is 2. The summed E-state index contributed by atoms with van der Waals surface area (Å²) in [6.45, 7) is 8.70. The molecule has 0 radical (unpaired) electrons. The molecule has 0 heterocycles. The van der Waals surface area contributed by atoms with Crippen LogP contribution < -0.4 is 5.32 Å². The first kappa shape index (κ1) is 31.5. The molecule has 0 aliphatic heterocycles. The number of amides is 1. The minimum Gasteiger partial charge on any atom is -0.464 e. The zero-order valence-corrected chi connectivity index (χ0v) is 21.8. The van der Waals surface area contributed by atoms with E-state index >= 15 is 0 Å². The molecule has 5 nitrogen and oxygen atoms in total. The number of hydrogen-bond donors (Lipinski definition) is 1. The first-order valence-electron chi connectivity index (χ1n) is 13.9. The predicted molar refractivity (Wildman–Crippen MR) is 138 cm³/mol. The van der Waals surface area contributed by atoms with E-state index in [1.165, 1.54) is 89.9 Å². The molecular formula is C28H53NO4. The van der Waals surface area contributed by atoms with Crippen LogP contribution in [0.3, 0.4) is 0 Å². The van der Waals surface area contributed by atoms with Gasteiger partial charge in [-0.1, -0.05) is 123 Å². The Morgan fingerprint density at radius 3 is 1.55 bits per heavy atom. The fourth-order valence-electron chi connectivity index (χ4n) is 3.80. The summed E-state index contributed by atoms with van der Waals surface area (Å²) in [5, 5.41) is 2.58. The Morgan fingerprint density at radius 1 is 0.667 bits per heavy atom. The number of carbonyl (C=O) groups is 2. The maximum atomic E-state index is 12.2. The van der Waals surface area contributed by atoms with E-state index in [2.05, 4.69) is 18.8 Å². The molecular weight excluding hydrogens is 414 g/mol. The maximum absolute atomic E-state index is 12.2. The molecule has 33 heavy (non-hydrogen) atoms. The normalized spacial score (nSPS) is 11.7. The molecule has 0 aromatic heterocycles. The molecule has 5 heteroatoms. The first-order chi connectivity index (χ1) is 16.2. The van der Waals surface area contributed by atoms with E-state index in [0.717, 1.165) is 25.7 Å². The molecule has 0 saturated heterocycles. The molecule has 0 rings (SSSR count). The lowest BCUT2D eigenvalue weighted by molar-refractivity contribution is -0.146. The fourth-order valence-corrected chi connectivity index (χ4v) is 3.80. The van der Waals surface area contributed by atoms with E-state index in [9.17, 15) is 9.59 Å². The van der Waals surface area contributed by atoms with Crippen LogP contribution in [0.4, 0.5) is 4.79 Å². The number of rotatable bonds is 24. The second-order valence-electron chi connectivity index (χ2n) is 9.18. The zero-order chi connectivity index (χ0) is 24.4. The van der Waals surface area contributed by atoms with Crippen LogP contribution in [0.25, 0.3) is 0 Å². The largest absolute Gasteiger partial charge is 0.464 e. The summed E-state index contributed by atoms with van der Waals surface area (Å²) >= 11 is 0. The van der Waals surface area contributed by atoms with Gasteiger partial charge in [0.25, 0.3) is 0 Å². The molecule has 0 spiro atoms. The Labute approximate surface area is 204 Å². The van der Waals surface area contributed by atoms with Gasteiger partial charge in [-0.15, -0.1) is 6.58 Å². The Morgan fingerprint density at radius 2 is 1.09 bits per heavy atom. The Bertz CT molecular complexity index is 467. The molecule has 0 fully saturated rings. The van der Waals surface area contributed by atoms with E-state index < -0.39 is 18.1 Å². The number of hydrogen-bond acceptors (Lipinski definition) is 4. The third-order valence-corrected chi connectivity index (χ3v) is 5.95. The fraction of sp³-hybridized carbons (Fsp3) is 0.857. The highest BCUT2D eigenvalue weighted by molar-refractivity contribution is 5.81. The molecule has 0 bridgehead atoms. The Balaban J connectivity index is 3.55. The van der Waals surface area contributed by atoms with Crippen LogP contribution >= 0.6 is 0 Å². The molecule has 0 saturated carbocycles. The highest BCUT2D eigenvalue weighted by Crippen LogP contribution is 2.13. The molecule has 1 unspecified atom stereocenters. The molecule has 1 amide bonds. The van der Waals surface area contributed by atoms with Crippen molar-refractivity contribution in [3.8, 4) is 0 Å². The van der Waals surface area contributed by atoms with Crippen molar-refractivity contribution in [1.29, 1.82) is 0 Å². The standard InChI is InChI=1S/C28H53NO4/c1-4-7-9-10-11-12-13-14-15-16-17-18-19-20-21-22-25-32-27(30)26(23-6-3)29-28(31)33-24-8-5-2/h6,26H,3-5,7-25H2,1-2H3,(H,29,31). The van der Waals surface area contributed by atoms with Gasteiger partial charge in [0.1, 0.15) is 6.04 Å². The Hall–Kier alpha value is -1.52. The van der Waals surface area contributed by atoms with E-state index in [1.807, 2.05) is 6.92 Å². The van der Waals surface area contributed by atoms with E-state index in [4.69, 9.17) is 9.47 Å². The van der Waals surface area contributed by atoms with Crippen LogP contribution in [0.1, 0.15) is 136 Å². The predicted octanol–water partition coefficient (Wildman–Crippen LogP) is 8.26. The van der Waals surface area contributed by atoms with E-state index in [0.29, 0.717) is 19.6 Å². The summed E-state index contributed by atoms with van der Waals surface area (Å²) in [5.41, 5.74) is 0. The van der Waals surface area contributed by atoms with Gasteiger partial charge in [-0.25, -0.2) is 9.59 Å². The highest BCUT2D eigenvalue weighted by Gasteiger charge is 2.21. The smallest absolute Gasteiger partial charge is 0.407 e. The quantitative estimate of drug-likeness (QED) is 0.0881. The van der Waals surface area contributed by atoms with Gasteiger partial charge in [0.05, 0.1) is 13.2 Å². The average Bonchev–Trinajstić information content (AvgIpc) is 2.80. The Kier molecular flexibility index (Phi) is 24.0. The molecule has 1 N–H and O–H groups in total. The van der Waals surface area contributed by atoms with Crippen molar-refractivity contribution in [3.63, 3.8) is 0 Å². The maximum Gasteiger partial charge on any atom is 0.407 e. The highest BCUT2D eigenvalue weighted by atomic mass is 16.6. The van der Waals surface area contributed by atoms with Crippen molar-refractivity contribution in [1.82, 2.24) is 5.32 Å². The third kappa shape index (κ3) is 22.1. The van der Waals surface area contributed by atoms with Crippen LogP contribution in [-0.4, -0.2) is 31.3 Å². The van der Waals surface area contributed by atoms with E-state index in [-0.39, 0.29) is 0 Å². The van der Waals surface area contributed by atoms with Crippen LogP contribution in [-0.2, 0) is 14.3 Å². The second-order valence-corrected chi connectivity index (χ2v) is 9.18. The summed E-state index contributed by atoms with van der Waals surface area (Å²) in [6, 6.07) is -0.724. The van der Waals surface area contributed by atoms with Gasteiger partial charge in [0.2, 0.25) is 0 Å². The SMILES string of the molecule is C=CCC(NC(=O)OCCCC)C(=O)OCCCCCCCCCCCCCCCCCC. The summed E-state index contributed by atoms with van der Waals surface area (Å²) in [7, 11) is 0. The van der Waals surface area contributed by atoms with Gasteiger partial charge >= 0.3 is 12.1 Å². The van der Waals surface area contributed by atoms with Gasteiger partial charge in [-0.2, -0.15) is 0 Å². The van der Waals surface area contributed by atoms with Crippen molar-refractivity contribution in [2.45, 2.75) is 142 Å². The van der Waals surface area contributed by atoms with Crippen LogP contribution in [0, 0.1) is 0 Å². The third-order valence-electron chi connectivity index (χ3n) is 5.95. The molecule has 0 aromatic rings. The van der Waals surface area contributed by atoms with Crippen molar-refractivity contribution < 1.29 is 19.1 Å². The van der Waals surface area contributed by atoms with Crippen molar-refractivity contribution >= 4 is 12.1 Å². The van der Waals surface area contributed by atoms with Gasteiger partial charge in [0, 0.05) is 0 Å².